The largest absolute Gasteiger partial charge is 0.399 e. The lowest BCUT2D eigenvalue weighted by Gasteiger charge is -2.06. The van der Waals surface area contributed by atoms with Crippen molar-refractivity contribution in [2.24, 2.45) is 5.73 Å². The zero-order valence-electron chi connectivity index (χ0n) is 9.89. The van der Waals surface area contributed by atoms with Crippen LogP contribution in [-0.2, 0) is 6.54 Å². The molecular formula is C14H15N3O. The van der Waals surface area contributed by atoms with Crippen LogP contribution in [0.25, 0.3) is 0 Å². The van der Waals surface area contributed by atoms with E-state index in [9.17, 15) is 4.79 Å². The number of amides is 1. The molecule has 2 rings (SSSR count). The molecule has 0 aliphatic rings. The van der Waals surface area contributed by atoms with Crippen molar-refractivity contribution >= 4 is 17.3 Å². The lowest BCUT2D eigenvalue weighted by atomic mass is 10.1. The van der Waals surface area contributed by atoms with Gasteiger partial charge in [-0.1, -0.05) is 12.1 Å². The number of nitrogen functional groups attached to an aromatic ring is 1. The first-order chi connectivity index (χ1) is 8.69. The standard InChI is InChI=1S/C14H15N3O/c15-9-10-2-1-3-11(8-10)14(18)17-13-6-4-12(16)5-7-13/h1-8H,9,15-16H2,(H,17,18). The number of carbonyl (C=O) groups excluding carboxylic acids is 1. The molecule has 0 atom stereocenters. The number of anilines is 2. The molecule has 18 heavy (non-hydrogen) atoms. The highest BCUT2D eigenvalue weighted by Gasteiger charge is 2.06. The summed E-state index contributed by atoms with van der Waals surface area (Å²) in [6.45, 7) is 0.420. The highest BCUT2D eigenvalue weighted by molar-refractivity contribution is 6.04. The second-order valence-electron chi connectivity index (χ2n) is 3.98. The Morgan fingerprint density at radius 1 is 1.11 bits per heavy atom. The molecule has 1 amide bonds. The van der Waals surface area contributed by atoms with E-state index in [2.05, 4.69) is 5.32 Å². The minimum absolute atomic E-state index is 0.157. The van der Waals surface area contributed by atoms with E-state index < -0.39 is 0 Å². The predicted molar refractivity (Wildman–Crippen MR) is 73.1 cm³/mol. The van der Waals surface area contributed by atoms with Crippen molar-refractivity contribution in [2.45, 2.75) is 6.54 Å². The lowest BCUT2D eigenvalue weighted by Crippen LogP contribution is -2.12. The monoisotopic (exact) mass is 241 g/mol. The zero-order valence-corrected chi connectivity index (χ0v) is 9.89. The molecule has 2 aromatic rings. The molecule has 0 saturated carbocycles. The van der Waals surface area contributed by atoms with Gasteiger partial charge in [-0.3, -0.25) is 4.79 Å². The molecule has 0 unspecified atom stereocenters. The Hall–Kier alpha value is -2.33. The highest BCUT2D eigenvalue weighted by atomic mass is 16.1. The molecule has 0 aliphatic carbocycles. The number of hydrogen-bond acceptors (Lipinski definition) is 3. The normalized spacial score (nSPS) is 10.1. The third-order valence-corrected chi connectivity index (χ3v) is 2.59. The Kier molecular flexibility index (Phi) is 3.60. The first-order valence-corrected chi connectivity index (χ1v) is 5.65. The minimum atomic E-state index is -0.157. The van der Waals surface area contributed by atoms with Crippen molar-refractivity contribution in [1.82, 2.24) is 0 Å². The topological polar surface area (TPSA) is 81.1 Å². The smallest absolute Gasteiger partial charge is 0.255 e. The van der Waals surface area contributed by atoms with E-state index in [0.29, 0.717) is 23.5 Å². The number of rotatable bonds is 3. The van der Waals surface area contributed by atoms with Crippen LogP contribution in [0.3, 0.4) is 0 Å². The quantitative estimate of drug-likeness (QED) is 0.719. The fraction of sp³-hybridized carbons (Fsp3) is 0.0714. The molecule has 2 aromatic carbocycles. The molecule has 0 heterocycles. The molecule has 0 aromatic heterocycles. The summed E-state index contributed by atoms with van der Waals surface area (Å²) < 4.78 is 0. The number of benzene rings is 2. The maximum atomic E-state index is 12.0. The van der Waals surface area contributed by atoms with Crippen molar-refractivity contribution in [2.75, 3.05) is 11.1 Å². The number of carbonyl (C=O) groups is 1. The SMILES string of the molecule is NCc1cccc(C(=O)Nc2ccc(N)cc2)c1. The van der Waals surface area contributed by atoms with Crippen molar-refractivity contribution in [3.63, 3.8) is 0 Å². The Morgan fingerprint density at radius 3 is 2.50 bits per heavy atom. The van der Waals surface area contributed by atoms with E-state index in [1.165, 1.54) is 0 Å². The minimum Gasteiger partial charge on any atom is -0.399 e. The summed E-state index contributed by atoms with van der Waals surface area (Å²) in [5.74, 6) is -0.157. The fourth-order valence-electron chi connectivity index (χ4n) is 1.61. The van der Waals surface area contributed by atoms with Crippen molar-refractivity contribution < 1.29 is 4.79 Å². The maximum Gasteiger partial charge on any atom is 0.255 e. The van der Waals surface area contributed by atoms with Gasteiger partial charge in [-0.15, -0.1) is 0 Å². The summed E-state index contributed by atoms with van der Waals surface area (Å²) in [5, 5.41) is 2.80. The van der Waals surface area contributed by atoms with Gasteiger partial charge in [0, 0.05) is 23.5 Å². The number of nitrogens with one attached hydrogen (secondary N) is 1. The second-order valence-corrected chi connectivity index (χ2v) is 3.98. The van der Waals surface area contributed by atoms with Gasteiger partial charge >= 0.3 is 0 Å². The van der Waals surface area contributed by atoms with Crippen molar-refractivity contribution in [3.8, 4) is 0 Å². The summed E-state index contributed by atoms with van der Waals surface area (Å²) >= 11 is 0. The molecule has 5 N–H and O–H groups in total. The van der Waals surface area contributed by atoms with Crippen LogP contribution in [0.2, 0.25) is 0 Å². The third-order valence-electron chi connectivity index (χ3n) is 2.59. The van der Waals surface area contributed by atoms with E-state index in [-0.39, 0.29) is 5.91 Å². The van der Waals surface area contributed by atoms with Crippen molar-refractivity contribution in [1.29, 1.82) is 0 Å². The van der Waals surface area contributed by atoms with Gasteiger partial charge in [-0.05, 0) is 42.0 Å². The third kappa shape index (κ3) is 2.87. The van der Waals surface area contributed by atoms with E-state index in [1.54, 1.807) is 36.4 Å². The molecule has 0 spiro atoms. The van der Waals surface area contributed by atoms with Gasteiger partial charge in [-0.25, -0.2) is 0 Å². The lowest BCUT2D eigenvalue weighted by molar-refractivity contribution is 0.102. The highest BCUT2D eigenvalue weighted by Crippen LogP contribution is 2.13. The van der Waals surface area contributed by atoms with Crippen LogP contribution in [-0.4, -0.2) is 5.91 Å². The van der Waals surface area contributed by atoms with Crippen LogP contribution in [0.5, 0.6) is 0 Å². The van der Waals surface area contributed by atoms with Gasteiger partial charge in [0.1, 0.15) is 0 Å². The molecule has 0 bridgehead atoms. The summed E-state index contributed by atoms with van der Waals surface area (Å²) in [6, 6.07) is 14.3. The average molecular weight is 241 g/mol. The summed E-state index contributed by atoms with van der Waals surface area (Å²) in [5.41, 5.74) is 14.0. The zero-order chi connectivity index (χ0) is 13.0. The van der Waals surface area contributed by atoms with E-state index in [4.69, 9.17) is 11.5 Å². The van der Waals surface area contributed by atoms with Gasteiger partial charge in [0.15, 0.2) is 0 Å². The second kappa shape index (κ2) is 5.33. The molecule has 0 fully saturated rings. The van der Waals surface area contributed by atoms with Crippen LogP contribution in [0, 0.1) is 0 Å². The van der Waals surface area contributed by atoms with Crippen LogP contribution in [0.15, 0.2) is 48.5 Å². The molecular weight excluding hydrogens is 226 g/mol. The van der Waals surface area contributed by atoms with Gasteiger partial charge in [0.05, 0.1) is 0 Å². The summed E-state index contributed by atoms with van der Waals surface area (Å²) in [7, 11) is 0. The predicted octanol–water partition coefficient (Wildman–Crippen LogP) is 1.98. The summed E-state index contributed by atoms with van der Waals surface area (Å²) in [6.07, 6.45) is 0. The molecule has 0 saturated heterocycles. The Labute approximate surface area is 106 Å². The van der Waals surface area contributed by atoms with Crippen LogP contribution in [0.4, 0.5) is 11.4 Å². The molecule has 92 valence electrons. The van der Waals surface area contributed by atoms with Gasteiger partial charge in [0.2, 0.25) is 0 Å². The summed E-state index contributed by atoms with van der Waals surface area (Å²) in [4.78, 5) is 12.0. The average Bonchev–Trinajstić information content (AvgIpc) is 2.41. The maximum absolute atomic E-state index is 12.0. The van der Waals surface area contributed by atoms with Crippen LogP contribution in [0.1, 0.15) is 15.9 Å². The van der Waals surface area contributed by atoms with Crippen molar-refractivity contribution in [3.05, 3.63) is 59.7 Å². The number of nitrogens with two attached hydrogens (primary N) is 2. The molecule has 0 aliphatic heterocycles. The fourth-order valence-corrected chi connectivity index (χ4v) is 1.61. The first-order valence-electron chi connectivity index (χ1n) is 5.65. The Balaban J connectivity index is 2.14. The number of hydrogen-bond donors (Lipinski definition) is 3. The van der Waals surface area contributed by atoms with Gasteiger partial charge < -0.3 is 16.8 Å². The molecule has 4 nitrogen and oxygen atoms in total. The van der Waals surface area contributed by atoms with E-state index in [0.717, 1.165) is 5.56 Å². The van der Waals surface area contributed by atoms with Gasteiger partial charge in [-0.2, -0.15) is 0 Å². The molecule has 0 radical (unpaired) electrons. The van der Waals surface area contributed by atoms with Crippen LogP contribution < -0.4 is 16.8 Å². The van der Waals surface area contributed by atoms with Crippen LogP contribution >= 0.6 is 0 Å². The molecule has 4 heteroatoms. The van der Waals surface area contributed by atoms with E-state index in [1.807, 2.05) is 12.1 Å². The Bertz CT molecular complexity index is 549. The van der Waals surface area contributed by atoms with Gasteiger partial charge in [0.25, 0.3) is 5.91 Å². The Morgan fingerprint density at radius 2 is 1.83 bits per heavy atom. The van der Waals surface area contributed by atoms with E-state index >= 15 is 0 Å². The first kappa shape index (κ1) is 12.1.